The largest absolute Gasteiger partial charge is 0.336 e. The summed E-state index contributed by atoms with van der Waals surface area (Å²) in [5.41, 5.74) is 1.13. The number of rotatable bonds is 5. The Morgan fingerprint density at radius 1 is 1.04 bits per heavy atom. The van der Waals surface area contributed by atoms with Crippen molar-refractivity contribution < 1.29 is 13.6 Å². The number of hydrogen-bond donors (Lipinski definition) is 0. The van der Waals surface area contributed by atoms with E-state index in [0.29, 0.717) is 37.3 Å². The minimum absolute atomic E-state index is 0.107. The Kier molecular flexibility index (Phi) is 6.43. The number of carbonyl (C=O) groups is 1. The van der Waals surface area contributed by atoms with Gasteiger partial charge in [-0.3, -0.25) is 9.69 Å². The quantitative estimate of drug-likeness (QED) is 0.784. The van der Waals surface area contributed by atoms with Gasteiger partial charge in [0.1, 0.15) is 6.07 Å². The van der Waals surface area contributed by atoms with Gasteiger partial charge in [-0.05, 0) is 24.3 Å². The van der Waals surface area contributed by atoms with E-state index in [1.54, 1.807) is 34.1 Å². The summed E-state index contributed by atoms with van der Waals surface area (Å²) in [5, 5.41) is 9.27. The number of halogens is 2. The zero-order valence-corrected chi connectivity index (χ0v) is 15.5. The average Bonchev–Trinajstić information content (AvgIpc) is 2.68. The monoisotopic (exact) mass is 387 g/mol. The third kappa shape index (κ3) is 4.85. The fourth-order valence-corrected chi connectivity index (χ4v) is 4.02. The SMILES string of the molecule is N#Cc1ccccc1Sc1ccccc1C(=O)N1CCN(CC(F)F)CC1. The van der Waals surface area contributed by atoms with Gasteiger partial charge in [0.05, 0.1) is 17.7 Å². The van der Waals surface area contributed by atoms with Crippen molar-refractivity contribution in [3.8, 4) is 6.07 Å². The lowest BCUT2D eigenvalue weighted by atomic mass is 10.2. The molecular formula is C20H19F2N3OS. The predicted octanol–water partition coefficient (Wildman–Crippen LogP) is 3.73. The molecule has 0 aliphatic carbocycles. The van der Waals surface area contributed by atoms with Gasteiger partial charge >= 0.3 is 0 Å². The van der Waals surface area contributed by atoms with E-state index in [-0.39, 0.29) is 12.5 Å². The fraction of sp³-hybridized carbons (Fsp3) is 0.300. The first-order valence-corrected chi connectivity index (χ1v) is 9.46. The Bertz CT molecular complexity index is 845. The molecule has 4 nitrogen and oxygen atoms in total. The van der Waals surface area contributed by atoms with Gasteiger partial charge in [0.25, 0.3) is 12.3 Å². The van der Waals surface area contributed by atoms with Crippen LogP contribution in [0.15, 0.2) is 58.3 Å². The summed E-state index contributed by atoms with van der Waals surface area (Å²) in [5.74, 6) is -0.107. The van der Waals surface area contributed by atoms with Crippen molar-refractivity contribution in [1.82, 2.24) is 9.80 Å². The van der Waals surface area contributed by atoms with Crippen LogP contribution in [0.25, 0.3) is 0 Å². The van der Waals surface area contributed by atoms with Gasteiger partial charge in [-0.15, -0.1) is 0 Å². The summed E-state index contributed by atoms with van der Waals surface area (Å²) in [7, 11) is 0. The van der Waals surface area contributed by atoms with Crippen molar-refractivity contribution in [2.45, 2.75) is 16.2 Å². The van der Waals surface area contributed by atoms with Crippen LogP contribution in [0.1, 0.15) is 15.9 Å². The molecular weight excluding hydrogens is 368 g/mol. The van der Waals surface area contributed by atoms with Crippen LogP contribution in [0.4, 0.5) is 8.78 Å². The molecule has 0 N–H and O–H groups in total. The molecule has 2 aromatic rings. The molecule has 1 fully saturated rings. The van der Waals surface area contributed by atoms with E-state index in [1.807, 2.05) is 24.3 Å². The van der Waals surface area contributed by atoms with Crippen molar-refractivity contribution in [3.63, 3.8) is 0 Å². The second kappa shape index (κ2) is 8.98. The lowest BCUT2D eigenvalue weighted by molar-refractivity contribution is 0.0457. The van der Waals surface area contributed by atoms with Crippen LogP contribution < -0.4 is 0 Å². The minimum Gasteiger partial charge on any atom is -0.336 e. The molecule has 1 amide bonds. The highest BCUT2D eigenvalue weighted by atomic mass is 32.2. The van der Waals surface area contributed by atoms with Crippen LogP contribution in [0.2, 0.25) is 0 Å². The average molecular weight is 387 g/mol. The molecule has 0 bridgehead atoms. The van der Waals surface area contributed by atoms with Crippen molar-refractivity contribution >= 4 is 17.7 Å². The summed E-state index contributed by atoms with van der Waals surface area (Å²) in [6.07, 6.45) is -2.36. The molecule has 2 aromatic carbocycles. The fourth-order valence-electron chi connectivity index (χ4n) is 3.00. The molecule has 1 aliphatic heterocycles. The van der Waals surface area contributed by atoms with Crippen molar-refractivity contribution in [3.05, 3.63) is 59.7 Å². The Balaban J connectivity index is 1.74. The van der Waals surface area contributed by atoms with Crippen LogP contribution in [0, 0.1) is 11.3 Å². The lowest BCUT2D eigenvalue weighted by Crippen LogP contribution is -2.49. The molecule has 1 saturated heterocycles. The highest BCUT2D eigenvalue weighted by molar-refractivity contribution is 7.99. The number of carbonyl (C=O) groups excluding carboxylic acids is 1. The van der Waals surface area contributed by atoms with Crippen molar-refractivity contribution in [1.29, 1.82) is 5.26 Å². The van der Waals surface area contributed by atoms with Crippen molar-refractivity contribution in [2.75, 3.05) is 32.7 Å². The maximum atomic E-state index is 13.0. The molecule has 0 spiro atoms. The molecule has 1 heterocycles. The highest BCUT2D eigenvalue weighted by Gasteiger charge is 2.25. The number of piperazine rings is 1. The number of nitrogens with zero attached hydrogens (tertiary/aromatic N) is 3. The number of hydrogen-bond acceptors (Lipinski definition) is 4. The second-order valence-corrected chi connectivity index (χ2v) is 7.27. The van der Waals surface area contributed by atoms with Gasteiger partial charge in [-0.1, -0.05) is 36.0 Å². The van der Waals surface area contributed by atoms with Gasteiger partial charge in [0.2, 0.25) is 0 Å². The summed E-state index contributed by atoms with van der Waals surface area (Å²) in [4.78, 5) is 17.9. The zero-order chi connectivity index (χ0) is 19.2. The Morgan fingerprint density at radius 2 is 1.67 bits per heavy atom. The standard InChI is InChI=1S/C20H19F2N3OS/c21-19(22)14-24-9-11-25(12-10-24)20(26)16-6-2-4-8-18(16)27-17-7-3-1-5-15(17)13-23/h1-8,19H,9-12,14H2. The van der Waals surface area contributed by atoms with E-state index >= 15 is 0 Å². The van der Waals surface area contributed by atoms with E-state index < -0.39 is 6.43 Å². The molecule has 0 radical (unpaired) electrons. The van der Waals surface area contributed by atoms with Gasteiger partial charge < -0.3 is 4.90 Å². The van der Waals surface area contributed by atoms with Crippen LogP contribution in [0.5, 0.6) is 0 Å². The number of amides is 1. The van der Waals surface area contributed by atoms with Gasteiger partial charge in [-0.25, -0.2) is 8.78 Å². The first-order valence-electron chi connectivity index (χ1n) is 8.64. The Labute approximate surface area is 161 Å². The molecule has 7 heteroatoms. The van der Waals surface area contributed by atoms with E-state index in [1.165, 1.54) is 11.8 Å². The molecule has 1 aliphatic rings. The summed E-state index contributed by atoms with van der Waals surface area (Å²) in [6.45, 7) is 1.50. The lowest BCUT2D eigenvalue weighted by Gasteiger charge is -2.34. The number of alkyl halides is 2. The van der Waals surface area contributed by atoms with Gasteiger partial charge in [0, 0.05) is 36.0 Å². The van der Waals surface area contributed by atoms with E-state index in [4.69, 9.17) is 0 Å². The maximum Gasteiger partial charge on any atom is 0.255 e. The smallest absolute Gasteiger partial charge is 0.255 e. The Hall–Kier alpha value is -2.43. The molecule has 0 unspecified atom stereocenters. The minimum atomic E-state index is -2.36. The third-order valence-electron chi connectivity index (χ3n) is 4.40. The number of benzene rings is 2. The molecule has 27 heavy (non-hydrogen) atoms. The van der Waals surface area contributed by atoms with Crippen LogP contribution >= 0.6 is 11.8 Å². The summed E-state index contributed by atoms with van der Waals surface area (Å²) >= 11 is 1.39. The van der Waals surface area contributed by atoms with E-state index in [0.717, 1.165) is 9.79 Å². The second-order valence-electron chi connectivity index (χ2n) is 6.19. The number of nitriles is 1. The van der Waals surface area contributed by atoms with Gasteiger partial charge in [0.15, 0.2) is 0 Å². The van der Waals surface area contributed by atoms with Crippen molar-refractivity contribution in [2.24, 2.45) is 0 Å². The third-order valence-corrected chi connectivity index (χ3v) is 5.55. The highest BCUT2D eigenvalue weighted by Crippen LogP contribution is 2.33. The Morgan fingerprint density at radius 3 is 2.33 bits per heavy atom. The van der Waals surface area contributed by atoms with Crippen LogP contribution in [-0.2, 0) is 0 Å². The molecule has 3 rings (SSSR count). The normalized spacial score (nSPS) is 15.0. The topological polar surface area (TPSA) is 47.3 Å². The zero-order valence-electron chi connectivity index (χ0n) is 14.6. The first kappa shape index (κ1) is 19.3. The molecule has 0 aromatic heterocycles. The molecule has 0 saturated carbocycles. The summed E-state index contributed by atoms with van der Waals surface area (Å²) in [6, 6.07) is 16.7. The van der Waals surface area contributed by atoms with Gasteiger partial charge in [-0.2, -0.15) is 5.26 Å². The van der Waals surface area contributed by atoms with E-state index in [9.17, 15) is 18.8 Å². The maximum absolute atomic E-state index is 13.0. The van der Waals surface area contributed by atoms with E-state index in [2.05, 4.69) is 6.07 Å². The molecule has 0 atom stereocenters. The van der Waals surface area contributed by atoms with Crippen LogP contribution in [-0.4, -0.2) is 54.9 Å². The summed E-state index contributed by atoms with van der Waals surface area (Å²) < 4.78 is 25.0. The predicted molar refractivity (Wildman–Crippen MR) is 100 cm³/mol. The molecule has 140 valence electrons. The first-order chi connectivity index (χ1) is 13.1. The van der Waals surface area contributed by atoms with Crippen LogP contribution in [0.3, 0.4) is 0 Å².